The van der Waals surface area contributed by atoms with Crippen LogP contribution in [0.4, 0.5) is 19.0 Å². The van der Waals surface area contributed by atoms with Crippen molar-refractivity contribution >= 4 is 17.6 Å². The summed E-state index contributed by atoms with van der Waals surface area (Å²) < 4.78 is 37.2. The highest BCUT2D eigenvalue weighted by Gasteiger charge is 2.35. The molecule has 3 heterocycles. The van der Waals surface area contributed by atoms with Crippen LogP contribution in [-0.2, 0) is 4.79 Å². The van der Waals surface area contributed by atoms with Crippen molar-refractivity contribution in [2.24, 2.45) is 0 Å². The first kappa shape index (κ1) is 21.6. The maximum atomic E-state index is 12.4. The Labute approximate surface area is 171 Å². The molecule has 2 aromatic rings. The third-order valence-corrected chi connectivity index (χ3v) is 4.56. The van der Waals surface area contributed by atoms with Gasteiger partial charge in [0.1, 0.15) is 24.1 Å². The second kappa shape index (κ2) is 8.72. The third-order valence-electron chi connectivity index (χ3n) is 4.56. The van der Waals surface area contributed by atoms with E-state index in [2.05, 4.69) is 20.3 Å². The van der Waals surface area contributed by atoms with Crippen LogP contribution in [0.3, 0.4) is 0 Å². The molecule has 2 aromatic heterocycles. The molecule has 0 spiro atoms. The number of carbonyl (C=O) groups excluding carboxylic acids is 2. The van der Waals surface area contributed by atoms with Crippen molar-refractivity contribution in [2.75, 3.05) is 18.0 Å². The molecule has 2 amide bonds. The largest absolute Gasteiger partial charge is 0.405 e. The number of amides is 2. The number of alkyl halides is 3. The molecule has 11 heteroatoms. The number of aromatic nitrogens is 3. The Balaban J connectivity index is 1.76. The fraction of sp³-hybridized carbons (Fsp3) is 0.474. The molecule has 0 aliphatic carbocycles. The topological polar surface area (TPSA) is 103 Å². The van der Waals surface area contributed by atoms with Crippen molar-refractivity contribution in [3.8, 4) is 11.4 Å². The second-order valence-corrected chi connectivity index (χ2v) is 7.35. The lowest BCUT2D eigenvalue weighted by Gasteiger charge is -2.25. The summed E-state index contributed by atoms with van der Waals surface area (Å²) in [6.45, 7) is 2.84. The van der Waals surface area contributed by atoms with Crippen molar-refractivity contribution < 1.29 is 22.8 Å². The Hall–Kier alpha value is -3.11. The lowest BCUT2D eigenvalue weighted by Crippen LogP contribution is -2.46. The molecule has 1 fully saturated rings. The molecule has 0 unspecified atom stereocenters. The van der Waals surface area contributed by atoms with Crippen LogP contribution in [0.25, 0.3) is 11.4 Å². The number of hydrogen-bond acceptors (Lipinski definition) is 5. The van der Waals surface area contributed by atoms with Crippen LogP contribution in [0, 0.1) is 0 Å². The Bertz CT molecular complexity index is 912. The minimum Gasteiger partial charge on any atom is -0.356 e. The molecule has 30 heavy (non-hydrogen) atoms. The summed E-state index contributed by atoms with van der Waals surface area (Å²) in [4.78, 5) is 37.6. The lowest BCUT2D eigenvalue weighted by atomic mass is 10.2. The molecule has 162 valence electrons. The van der Waals surface area contributed by atoms with Crippen molar-refractivity contribution in [2.45, 2.75) is 44.9 Å². The molecule has 1 aliphatic rings. The van der Waals surface area contributed by atoms with Gasteiger partial charge in [0.2, 0.25) is 5.91 Å². The van der Waals surface area contributed by atoms with E-state index < -0.39 is 24.7 Å². The van der Waals surface area contributed by atoms with Crippen LogP contribution in [0.15, 0.2) is 24.5 Å². The van der Waals surface area contributed by atoms with E-state index in [-0.39, 0.29) is 11.9 Å². The summed E-state index contributed by atoms with van der Waals surface area (Å²) in [5, 5.41) is 4.72. The number of nitrogens with zero attached hydrogens (tertiary/aromatic N) is 3. The lowest BCUT2D eigenvalue weighted by molar-refractivity contribution is -0.139. The third kappa shape index (κ3) is 5.28. The van der Waals surface area contributed by atoms with E-state index in [1.54, 1.807) is 23.2 Å². The van der Waals surface area contributed by atoms with Gasteiger partial charge in [-0.05, 0) is 38.8 Å². The monoisotopic (exact) mass is 424 g/mol. The Morgan fingerprint density at radius 3 is 2.83 bits per heavy atom. The number of rotatable bonds is 6. The number of aromatic amines is 1. The number of H-pyrrole nitrogens is 1. The average Bonchev–Trinajstić information content (AvgIpc) is 3.35. The number of halogens is 3. The van der Waals surface area contributed by atoms with Gasteiger partial charge in [0.15, 0.2) is 5.82 Å². The minimum atomic E-state index is -4.46. The van der Waals surface area contributed by atoms with Gasteiger partial charge >= 0.3 is 6.18 Å². The highest BCUT2D eigenvalue weighted by atomic mass is 19.4. The van der Waals surface area contributed by atoms with E-state index in [0.717, 1.165) is 0 Å². The molecule has 1 saturated heterocycles. The van der Waals surface area contributed by atoms with Crippen LogP contribution >= 0.6 is 0 Å². The van der Waals surface area contributed by atoms with Gasteiger partial charge in [-0.3, -0.25) is 9.59 Å². The fourth-order valence-corrected chi connectivity index (χ4v) is 3.26. The minimum absolute atomic E-state index is 0.0144. The van der Waals surface area contributed by atoms with Crippen LogP contribution in [-0.4, -0.2) is 58.1 Å². The summed E-state index contributed by atoms with van der Waals surface area (Å²) in [5.41, 5.74) is 0.946. The van der Waals surface area contributed by atoms with Gasteiger partial charge in [0.25, 0.3) is 5.91 Å². The van der Waals surface area contributed by atoms with Crippen LogP contribution in [0.5, 0.6) is 0 Å². The molecule has 1 aliphatic heterocycles. The van der Waals surface area contributed by atoms with Gasteiger partial charge in [-0.15, -0.1) is 0 Å². The number of carbonyl (C=O) groups is 2. The maximum Gasteiger partial charge on any atom is 0.405 e. The molecule has 0 aromatic carbocycles. The van der Waals surface area contributed by atoms with Crippen LogP contribution < -0.4 is 15.5 Å². The predicted octanol–water partition coefficient (Wildman–Crippen LogP) is 2.26. The molecule has 3 rings (SSSR count). The van der Waals surface area contributed by atoms with Crippen molar-refractivity contribution in [3.05, 3.63) is 30.2 Å². The zero-order valence-electron chi connectivity index (χ0n) is 16.6. The van der Waals surface area contributed by atoms with Gasteiger partial charge in [0.05, 0.1) is 0 Å². The summed E-state index contributed by atoms with van der Waals surface area (Å²) in [7, 11) is 0. The zero-order chi connectivity index (χ0) is 21.9. The van der Waals surface area contributed by atoms with E-state index in [4.69, 9.17) is 0 Å². The summed E-state index contributed by atoms with van der Waals surface area (Å²) >= 11 is 0. The number of anilines is 1. The first-order chi connectivity index (χ1) is 14.1. The summed E-state index contributed by atoms with van der Waals surface area (Å²) in [6.07, 6.45) is -0.248. The summed E-state index contributed by atoms with van der Waals surface area (Å²) in [6, 6.07) is 2.49. The van der Waals surface area contributed by atoms with Gasteiger partial charge in [-0.2, -0.15) is 13.2 Å². The van der Waals surface area contributed by atoms with Crippen molar-refractivity contribution in [1.29, 1.82) is 0 Å². The molecule has 0 radical (unpaired) electrons. The quantitative estimate of drug-likeness (QED) is 0.660. The highest BCUT2D eigenvalue weighted by molar-refractivity contribution is 5.93. The zero-order valence-corrected chi connectivity index (χ0v) is 16.6. The van der Waals surface area contributed by atoms with E-state index in [1.165, 1.54) is 6.20 Å². The standard InChI is InChI=1S/C19H23F3N6O2/c1-11(2)26-17(29)13-8-12(9-24-13)16-23-6-5-15(27-16)28-7-3-4-14(28)18(30)25-10-19(20,21)22/h5-6,8-9,11,14,24H,3-4,7,10H2,1-2H3,(H,25,30)(H,26,29)/t14-/m1/s1. The average molecular weight is 424 g/mol. The van der Waals surface area contributed by atoms with E-state index >= 15 is 0 Å². The molecule has 0 bridgehead atoms. The molecular weight excluding hydrogens is 401 g/mol. The maximum absolute atomic E-state index is 12.4. The number of nitrogens with one attached hydrogen (secondary N) is 3. The molecule has 3 N–H and O–H groups in total. The molecular formula is C19H23F3N6O2. The van der Waals surface area contributed by atoms with Gasteiger partial charge < -0.3 is 20.5 Å². The van der Waals surface area contributed by atoms with Crippen LogP contribution in [0.1, 0.15) is 37.2 Å². The first-order valence-corrected chi connectivity index (χ1v) is 9.58. The van der Waals surface area contributed by atoms with E-state index in [1.807, 2.05) is 19.2 Å². The second-order valence-electron chi connectivity index (χ2n) is 7.35. The van der Waals surface area contributed by atoms with Crippen molar-refractivity contribution in [1.82, 2.24) is 25.6 Å². The Morgan fingerprint density at radius 1 is 1.37 bits per heavy atom. The smallest absolute Gasteiger partial charge is 0.356 e. The van der Waals surface area contributed by atoms with Gasteiger partial charge in [-0.25, -0.2) is 9.97 Å². The van der Waals surface area contributed by atoms with Crippen molar-refractivity contribution in [3.63, 3.8) is 0 Å². The predicted molar refractivity (Wildman–Crippen MR) is 104 cm³/mol. The van der Waals surface area contributed by atoms with E-state index in [9.17, 15) is 22.8 Å². The number of hydrogen-bond donors (Lipinski definition) is 3. The first-order valence-electron chi connectivity index (χ1n) is 9.58. The summed E-state index contributed by atoms with van der Waals surface area (Å²) in [5.74, 6) is -0.152. The Morgan fingerprint density at radius 2 is 2.13 bits per heavy atom. The van der Waals surface area contributed by atoms with Crippen LogP contribution in [0.2, 0.25) is 0 Å². The highest BCUT2D eigenvalue weighted by Crippen LogP contribution is 2.26. The SMILES string of the molecule is CC(C)NC(=O)c1cc(-c2nccc(N3CCC[C@@H]3C(=O)NCC(F)(F)F)n2)c[nH]1. The normalized spacial score (nSPS) is 16.7. The molecule has 8 nitrogen and oxygen atoms in total. The van der Waals surface area contributed by atoms with E-state index in [0.29, 0.717) is 42.3 Å². The fourth-order valence-electron chi connectivity index (χ4n) is 3.26. The Kier molecular flexibility index (Phi) is 6.28. The molecule has 0 saturated carbocycles. The van der Waals surface area contributed by atoms with Gasteiger partial charge in [0, 0.05) is 30.5 Å². The van der Waals surface area contributed by atoms with Gasteiger partial charge in [-0.1, -0.05) is 0 Å². The molecule has 1 atom stereocenters.